The molecule has 0 aliphatic heterocycles. The van der Waals surface area contributed by atoms with Gasteiger partial charge in [0, 0.05) is 12.9 Å². The number of hydrazone groups is 1. The van der Waals surface area contributed by atoms with Crippen molar-refractivity contribution >= 4 is 6.72 Å². The zero-order chi connectivity index (χ0) is 11.6. The molecule has 0 bridgehead atoms. The molecule has 0 aliphatic carbocycles. The van der Waals surface area contributed by atoms with Gasteiger partial charge in [0.1, 0.15) is 0 Å². The SMILES string of the molecule is C=NN(/C=C(\C)CC)CC(=C)C.CC. The first-order valence-corrected chi connectivity index (χ1v) is 5.15. The van der Waals surface area contributed by atoms with Gasteiger partial charge in [-0.3, -0.25) is 5.01 Å². The van der Waals surface area contributed by atoms with Gasteiger partial charge in [0.25, 0.3) is 0 Å². The summed E-state index contributed by atoms with van der Waals surface area (Å²) in [6.07, 6.45) is 3.05. The summed E-state index contributed by atoms with van der Waals surface area (Å²) in [5.74, 6) is 0. The third kappa shape index (κ3) is 9.04. The number of hydrogen-bond donors (Lipinski definition) is 0. The largest absolute Gasteiger partial charge is 0.269 e. The van der Waals surface area contributed by atoms with E-state index in [1.807, 2.05) is 27.0 Å². The van der Waals surface area contributed by atoms with Crippen molar-refractivity contribution < 1.29 is 0 Å². The molecule has 0 aromatic carbocycles. The van der Waals surface area contributed by atoms with E-state index < -0.39 is 0 Å². The standard InChI is InChI=1S/C10H18N2.C2H6/c1-6-10(4)8-12(11-5)7-9(2)3;1-2/h8H,2,5-7H2,1,3-4H3;1-2H3/b10-8+;. The van der Waals surface area contributed by atoms with E-state index in [0.717, 1.165) is 18.5 Å². The molecule has 2 nitrogen and oxygen atoms in total. The molecule has 0 heterocycles. The van der Waals surface area contributed by atoms with Crippen LogP contribution in [0, 0.1) is 0 Å². The highest BCUT2D eigenvalue weighted by molar-refractivity contribution is 5.23. The van der Waals surface area contributed by atoms with Crippen molar-refractivity contribution in [3.63, 3.8) is 0 Å². The lowest BCUT2D eigenvalue weighted by atomic mass is 10.2. The fourth-order valence-corrected chi connectivity index (χ4v) is 0.759. The highest BCUT2D eigenvalue weighted by Crippen LogP contribution is 2.03. The predicted octanol–water partition coefficient (Wildman–Crippen LogP) is 3.82. The van der Waals surface area contributed by atoms with E-state index in [4.69, 9.17) is 0 Å². The Labute approximate surface area is 89.0 Å². The quantitative estimate of drug-likeness (QED) is 0.371. The minimum absolute atomic E-state index is 0.751. The summed E-state index contributed by atoms with van der Waals surface area (Å²) < 4.78 is 0. The van der Waals surface area contributed by atoms with Crippen LogP contribution in [0.2, 0.25) is 0 Å². The zero-order valence-corrected chi connectivity index (χ0v) is 10.3. The lowest BCUT2D eigenvalue weighted by molar-refractivity contribution is 0.433. The van der Waals surface area contributed by atoms with E-state index in [1.165, 1.54) is 5.57 Å². The highest BCUT2D eigenvalue weighted by Gasteiger charge is 1.95. The molecule has 82 valence electrons. The fraction of sp³-hybridized carbons (Fsp3) is 0.583. The van der Waals surface area contributed by atoms with Gasteiger partial charge in [-0.1, -0.05) is 38.5 Å². The number of hydrogen-bond acceptors (Lipinski definition) is 2. The topological polar surface area (TPSA) is 15.6 Å². The minimum atomic E-state index is 0.751. The lowest BCUT2D eigenvalue weighted by Crippen LogP contribution is -2.12. The number of nitrogens with zero attached hydrogens (tertiary/aromatic N) is 2. The van der Waals surface area contributed by atoms with Crippen molar-refractivity contribution in [1.82, 2.24) is 5.01 Å². The van der Waals surface area contributed by atoms with Crippen molar-refractivity contribution in [2.75, 3.05) is 6.54 Å². The van der Waals surface area contributed by atoms with Gasteiger partial charge in [-0.05, 0) is 20.3 Å². The monoisotopic (exact) mass is 196 g/mol. The summed E-state index contributed by atoms with van der Waals surface area (Å²) in [5, 5.41) is 5.67. The van der Waals surface area contributed by atoms with Crippen LogP contribution in [0.15, 0.2) is 29.0 Å². The van der Waals surface area contributed by atoms with Gasteiger partial charge in [-0.15, -0.1) is 0 Å². The summed E-state index contributed by atoms with van der Waals surface area (Å²) in [5.41, 5.74) is 2.38. The summed E-state index contributed by atoms with van der Waals surface area (Å²) in [7, 11) is 0. The van der Waals surface area contributed by atoms with Crippen LogP contribution in [0.5, 0.6) is 0 Å². The highest BCUT2D eigenvalue weighted by atomic mass is 15.4. The second kappa shape index (κ2) is 10.0. The van der Waals surface area contributed by atoms with Gasteiger partial charge < -0.3 is 0 Å². The van der Waals surface area contributed by atoms with Crippen LogP contribution >= 0.6 is 0 Å². The molecule has 0 saturated carbocycles. The lowest BCUT2D eigenvalue weighted by Gasteiger charge is -2.14. The number of rotatable bonds is 5. The molecule has 0 aromatic heterocycles. The second-order valence-electron chi connectivity index (χ2n) is 3.03. The van der Waals surface area contributed by atoms with E-state index in [1.54, 1.807) is 5.01 Å². The van der Waals surface area contributed by atoms with Crippen LogP contribution < -0.4 is 0 Å². The zero-order valence-electron chi connectivity index (χ0n) is 10.3. The van der Waals surface area contributed by atoms with Gasteiger partial charge in [-0.2, -0.15) is 5.10 Å². The van der Waals surface area contributed by atoms with Gasteiger partial charge in [0.2, 0.25) is 0 Å². The van der Waals surface area contributed by atoms with E-state index in [9.17, 15) is 0 Å². The third-order valence-corrected chi connectivity index (χ3v) is 1.54. The average molecular weight is 196 g/mol. The molecule has 0 fully saturated rings. The number of allylic oxidation sites excluding steroid dienone is 1. The first-order chi connectivity index (χ1) is 6.60. The Balaban J connectivity index is 0. The maximum Gasteiger partial charge on any atom is 0.0613 e. The van der Waals surface area contributed by atoms with Gasteiger partial charge in [-0.25, -0.2) is 0 Å². The Bertz CT molecular complexity index is 192. The Morgan fingerprint density at radius 2 is 1.86 bits per heavy atom. The smallest absolute Gasteiger partial charge is 0.0613 e. The molecule has 0 aliphatic rings. The van der Waals surface area contributed by atoms with Crippen LogP contribution in [-0.4, -0.2) is 18.3 Å². The first kappa shape index (κ1) is 15.4. The maximum absolute atomic E-state index is 3.86. The minimum Gasteiger partial charge on any atom is -0.269 e. The maximum atomic E-state index is 3.86. The van der Waals surface area contributed by atoms with E-state index in [-0.39, 0.29) is 0 Å². The molecule has 0 rings (SSSR count). The van der Waals surface area contributed by atoms with E-state index in [2.05, 4.69) is 32.2 Å². The second-order valence-corrected chi connectivity index (χ2v) is 3.03. The van der Waals surface area contributed by atoms with Gasteiger partial charge >= 0.3 is 0 Å². The summed E-state index contributed by atoms with van der Waals surface area (Å²) in [6.45, 7) is 18.2. The molecular formula is C12H24N2. The van der Waals surface area contributed by atoms with Crippen LogP contribution in [-0.2, 0) is 0 Å². The fourth-order valence-electron chi connectivity index (χ4n) is 0.759. The summed E-state index contributed by atoms with van der Waals surface area (Å²) >= 11 is 0. The van der Waals surface area contributed by atoms with E-state index in [0.29, 0.717) is 0 Å². The molecule has 0 atom stereocenters. The molecule has 14 heavy (non-hydrogen) atoms. The Kier molecular flexibility index (Phi) is 11.1. The molecule has 2 heteroatoms. The van der Waals surface area contributed by atoms with Crippen LogP contribution in [0.3, 0.4) is 0 Å². The molecule has 0 saturated heterocycles. The van der Waals surface area contributed by atoms with Crippen molar-refractivity contribution in [2.24, 2.45) is 5.10 Å². The molecule has 0 radical (unpaired) electrons. The van der Waals surface area contributed by atoms with Crippen LogP contribution in [0.4, 0.5) is 0 Å². The third-order valence-electron chi connectivity index (χ3n) is 1.54. The van der Waals surface area contributed by atoms with Gasteiger partial charge in [0.15, 0.2) is 0 Å². The summed E-state index contributed by atoms with van der Waals surface area (Å²) in [6, 6.07) is 0. The molecular weight excluding hydrogens is 172 g/mol. The van der Waals surface area contributed by atoms with Crippen molar-refractivity contribution in [3.05, 3.63) is 23.9 Å². The van der Waals surface area contributed by atoms with Crippen LogP contribution in [0.25, 0.3) is 0 Å². The molecule has 0 N–H and O–H groups in total. The molecule has 0 unspecified atom stereocenters. The molecule has 0 spiro atoms. The molecule has 0 amide bonds. The van der Waals surface area contributed by atoms with Crippen LogP contribution in [0.1, 0.15) is 41.0 Å². The Morgan fingerprint density at radius 1 is 1.36 bits per heavy atom. The Morgan fingerprint density at radius 3 is 2.14 bits per heavy atom. The molecule has 0 aromatic rings. The van der Waals surface area contributed by atoms with E-state index >= 15 is 0 Å². The summed E-state index contributed by atoms with van der Waals surface area (Å²) in [4.78, 5) is 0. The average Bonchev–Trinajstić information content (AvgIpc) is 2.19. The Hall–Kier alpha value is -1.05. The first-order valence-electron chi connectivity index (χ1n) is 5.15. The van der Waals surface area contributed by atoms with Crippen molar-refractivity contribution in [1.29, 1.82) is 0 Å². The van der Waals surface area contributed by atoms with Crippen molar-refractivity contribution in [3.8, 4) is 0 Å². The van der Waals surface area contributed by atoms with Crippen molar-refractivity contribution in [2.45, 2.75) is 41.0 Å². The predicted molar refractivity (Wildman–Crippen MR) is 66.5 cm³/mol. The normalized spacial score (nSPS) is 9.93. The van der Waals surface area contributed by atoms with Gasteiger partial charge in [0.05, 0.1) is 6.54 Å².